The highest BCUT2D eigenvalue weighted by Crippen LogP contribution is 2.31. The summed E-state index contributed by atoms with van der Waals surface area (Å²) >= 11 is 6.09. The zero-order valence-electron chi connectivity index (χ0n) is 14.9. The van der Waals surface area contributed by atoms with Crippen LogP contribution in [0.4, 0.5) is 5.69 Å². The largest absolute Gasteiger partial charge is 0.396 e. The number of fused-ring (bicyclic) bond motifs is 1. The number of aliphatic hydroxyl groups is 1. The van der Waals surface area contributed by atoms with E-state index in [9.17, 15) is 0 Å². The highest BCUT2D eigenvalue weighted by atomic mass is 127. The molecule has 0 fully saturated rings. The number of aliphatic hydroxyl groups excluding tert-OH is 1. The summed E-state index contributed by atoms with van der Waals surface area (Å²) < 4.78 is 0. The molecular formula is C17H27ClIN3O4. The first kappa shape index (κ1) is 24.7. The van der Waals surface area contributed by atoms with Gasteiger partial charge in [0.25, 0.3) is 5.09 Å². The molecule has 0 aliphatic carbocycles. The van der Waals surface area contributed by atoms with E-state index in [1.165, 1.54) is 36.2 Å². The molecule has 0 saturated heterocycles. The number of nitrogens with zero attached hydrogens (tertiary/aromatic N) is 2. The van der Waals surface area contributed by atoms with Crippen molar-refractivity contribution in [1.82, 2.24) is 5.32 Å². The van der Waals surface area contributed by atoms with E-state index in [-0.39, 0.29) is 24.0 Å². The standard InChI is InChI=1S/C17H25ClN2O.HI.HNO3/c1-20-11-9-16(15-8-7-14(18)13-17(15)20)19-10-5-3-2-4-6-12-21;;2-1(3)4/h7-9,13,19,21H,2-6,10-12H2,1H3;1H;(H,2,3,4). The van der Waals surface area contributed by atoms with E-state index in [1.807, 2.05) is 12.1 Å². The number of unbranched alkanes of at least 4 members (excludes halogenated alkanes) is 4. The van der Waals surface area contributed by atoms with Gasteiger partial charge >= 0.3 is 0 Å². The lowest BCUT2D eigenvalue weighted by molar-refractivity contribution is -0.742. The predicted molar refractivity (Wildman–Crippen MR) is 115 cm³/mol. The molecule has 7 nitrogen and oxygen atoms in total. The van der Waals surface area contributed by atoms with Crippen molar-refractivity contribution in [2.75, 3.05) is 31.6 Å². The molecule has 148 valence electrons. The molecule has 3 N–H and O–H groups in total. The molecule has 0 unspecified atom stereocenters. The molecule has 1 aliphatic heterocycles. The van der Waals surface area contributed by atoms with Gasteiger partial charge in [0.2, 0.25) is 0 Å². The third kappa shape index (κ3) is 9.44. The Balaban J connectivity index is 0.00000113. The minimum atomic E-state index is -1.50. The fourth-order valence-corrected chi connectivity index (χ4v) is 2.81. The van der Waals surface area contributed by atoms with E-state index >= 15 is 0 Å². The lowest BCUT2D eigenvalue weighted by Crippen LogP contribution is -2.26. The van der Waals surface area contributed by atoms with Crippen LogP contribution in [-0.2, 0) is 0 Å². The molecule has 0 spiro atoms. The first-order chi connectivity index (χ1) is 12.0. The SMILES string of the molecule is CN1CC=C(NCCCCCCCO)c2ccc(Cl)cc21.I.O=[N+]([O-])O. The Bertz CT molecular complexity index is 583. The van der Waals surface area contributed by atoms with Crippen molar-refractivity contribution in [2.24, 2.45) is 0 Å². The first-order valence-electron chi connectivity index (χ1n) is 8.35. The summed E-state index contributed by atoms with van der Waals surface area (Å²) in [7, 11) is 2.09. The second-order valence-corrected chi connectivity index (χ2v) is 6.25. The van der Waals surface area contributed by atoms with Crippen molar-refractivity contribution in [2.45, 2.75) is 32.1 Å². The Morgan fingerprint density at radius 2 is 1.88 bits per heavy atom. The van der Waals surface area contributed by atoms with Gasteiger partial charge in [-0.05, 0) is 37.1 Å². The van der Waals surface area contributed by atoms with Gasteiger partial charge in [-0.2, -0.15) is 0 Å². The van der Waals surface area contributed by atoms with E-state index in [4.69, 9.17) is 32.0 Å². The normalized spacial score (nSPS) is 12.1. The Kier molecular flexibility index (Phi) is 13.2. The summed E-state index contributed by atoms with van der Waals surface area (Å²) in [6.45, 7) is 2.22. The van der Waals surface area contributed by atoms with Crippen LogP contribution in [0.1, 0.15) is 37.7 Å². The minimum absolute atomic E-state index is 0. The number of rotatable bonds is 8. The van der Waals surface area contributed by atoms with Gasteiger partial charge in [0.05, 0.1) is 0 Å². The first-order valence-corrected chi connectivity index (χ1v) is 8.72. The van der Waals surface area contributed by atoms with Gasteiger partial charge in [-0.15, -0.1) is 34.1 Å². The van der Waals surface area contributed by atoms with Gasteiger partial charge in [0.1, 0.15) is 0 Å². The van der Waals surface area contributed by atoms with Gasteiger partial charge in [-0.25, -0.2) is 0 Å². The van der Waals surface area contributed by atoms with E-state index in [0.29, 0.717) is 6.61 Å². The minimum Gasteiger partial charge on any atom is -0.396 e. The Labute approximate surface area is 176 Å². The molecule has 0 bridgehead atoms. The monoisotopic (exact) mass is 499 g/mol. The molecular weight excluding hydrogens is 473 g/mol. The number of hydrogen-bond donors (Lipinski definition) is 3. The van der Waals surface area contributed by atoms with E-state index < -0.39 is 5.09 Å². The van der Waals surface area contributed by atoms with Crippen molar-refractivity contribution in [3.05, 3.63) is 45.0 Å². The summed E-state index contributed by atoms with van der Waals surface area (Å²) in [5.74, 6) is 0. The van der Waals surface area contributed by atoms with Gasteiger partial charge < -0.3 is 20.5 Å². The highest BCUT2D eigenvalue weighted by Gasteiger charge is 2.15. The molecule has 1 aromatic rings. The number of nitrogens with one attached hydrogen (secondary N) is 1. The number of benzene rings is 1. The molecule has 26 heavy (non-hydrogen) atoms. The molecule has 1 aliphatic rings. The van der Waals surface area contributed by atoms with Crippen LogP contribution in [-0.4, -0.2) is 42.1 Å². The van der Waals surface area contributed by atoms with Crippen LogP contribution >= 0.6 is 35.6 Å². The Hall–Kier alpha value is -1.26. The Morgan fingerprint density at radius 1 is 1.27 bits per heavy atom. The summed E-state index contributed by atoms with van der Waals surface area (Å²) in [5.41, 5.74) is 3.64. The second-order valence-electron chi connectivity index (χ2n) is 5.82. The van der Waals surface area contributed by atoms with Gasteiger partial charge in [0, 0.05) is 48.7 Å². The van der Waals surface area contributed by atoms with Gasteiger partial charge in [-0.1, -0.05) is 30.9 Å². The molecule has 0 saturated carbocycles. The van der Waals surface area contributed by atoms with Crippen molar-refractivity contribution < 1.29 is 15.4 Å². The average Bonchev–Trinajstić information content (AvgIpc) is 2.55. The maximum atomic E-state index is 8.74. The van der Waals surface area contributed by atoms with Crippen LogP contribution in [0, 0.1) is 10.1 Å². The summed E-state index contributed by atoms with van der Waals surface area (Å²) in [5, 5.41) is 26.7. The van der Waals surface area contributed by atoms with Crippen LogP contribution in [0.3, 0.4) is 0 Å². The molecule has 0 radical (unpaired) electrons. The molecule has 0 aromatic heterocycles. The highest BCUT2D eigenvalue weighted by molar-refractivity contribution is 14.0. The molecule has 1 heterocycles. The van der Waals surface area contributed by atoms with Crippen LogP contribution in [0.2, 0.25) is 5.02 Å². The smallest absolute Gasteiger partial charge is 0.291 e. The van der Waals surface area contributed by atoms with E-state index in [2.05, 4.69) is 29.4 Å². The fraction of sp³-hybridized carbons (Fsp3) is 0.529. The summed E-state index contributed by atoms with van der Waals surface area (Å²) in [6.07, 6.45) is 7.89. The van der Waals surface area contributed by atoms with Crippen molar-refractivity contribution >= 4 is 47.0 Å². The molecule has 0 atom stereocenters. The van der Waals surface area contributed by atoms with Crippen molar-refractivity contribution in [3.8, 4) is 0 Å². The van der Waals surface area contributed by atoms with Crippen molar-refractivity contribution in [1.29, 1.82) is 0 Å². The number of hydrogen-bond acceptors (Lipinski definition) is 5. The maximum Gasteiger partial charge on any atom is 0.291 e. The summed E-state index contributed by atoms with van der Waals surface area (Å²) in [4.78, 5) is 10.6. The topological polar surface area (TPSA) is 98.9 Å². The van der Waals surface area contributed by atoms with Crippen LogP contribution in [0.25, 0.3) is 5.70 Å². The molecule has 2 rings (SSSR count). The van der Waals surface area contributed by atoms with Crippen molar-refractivity contribution in [3.63, 3.8) is 0 Å². The third-order valence-electron chi connectivity index (χ3n) is 3.88. The molecule has 9 heteroatoms. The van der Waals surface area contributed by atoms with E-state index in [0.717, 1.165) is 31.0 Å². The number of halogens is 2. The Morgan fingerprint density at radius 3 is 2.54 bits per heavy atom. The third-order valence-corrected chi connectivity index (χ3v) is 4.12. The zero-order chi connectivity index (χ0) is 18.7. The van der Waals surface area contributed by atoms with Crippen LogP contribution < -0.4 is 10.2 Å². The van der Waals surface area contributed by atoms with Gasteiger partial charge in [0.15, 0.2) is 0 Å². The van der Waals surface area contributed by atoms with Gasteiger partial charge in [-0.3, -0.25) is 0 Å². The summed E-state index contributed by atoms with van der Waals surface area (Å²) in [6, 6.07) is 6.07. The number of anilines is 1. The van der Waals surface area contributed by atoms with E-state index in [1.54, 1.807) is 0 Å². The lowest BCUT2D eigenvalue weighted by Gasteiger charge is -2.28. The molecule has 0 amide bonds. The second kappa shape index (κ2) is 13.9. The average molecular weight is 500 g/mol. The number of likely N-dealkylation sites (N-methyl/N-ethyl adjacent to an activating group) is 1. The predicted octanol–water partition coefficient (Wildman–Crippen LogP) is 3.93. The maximum absolute atomic E-state index is 8.74. The zero-order valence-corrected chi connectivity index (χ0v) is 17.9. The quantitative estimate of drug-likeness (QED) is 0.217. The van der Waals surface area contributed by atoms with Crippen LogP contribution in [0.15, 0.2) is 24.3 Å². The fourth-order valence-electron chi connectivity index (χ4n) is 2.64. The van der Waals surface area contributed by atoms with Crippen LogP contribution in [0.5, 0.6) is 0 Å². The molecule has 1 aromatic carbocycles. The lowest BCUT2D eigenvalue weighted by atomic mass is 10.0.